The highest BCUT2D eigenvalue weighted by Crippen LogP contribution is 2.45. The molecule has 226 valence electrons. The lowest BCUT2D eigenvalue weighted by molar-refractivity contribution is 1.18. The highest BCUT2D eigenvalue weighted by Gasteiger charge is 2.19. The Morgan fingerprint density at radius 1 is 0.367 bits per heavy atom. The zero-order chi connectivity index (χ0) is 32.9. The molecule has 0 aliphatic carbocycles. The van der Waals surface area contributed by atoms with Crippen molar-refractivity contribution in [3.63, 3.8) is 0 Å². The third-order valence-corrected chi connectivity index (χ3v) is 9.63. The van der Waals surface area contributed by atoms with Crippen LogP contribution in [0.5, 0.6) is 0 Å². The molecule has 0 amide bonds. The van der Waals surface area contributed by atoms with Crippen molar-refractivity contribution in [1.29, 1.82) is 10.5 Å². The summed E-state index contributed by atoms with van der Waals surface area (Å²) in [6.45, 7) is 0. The molecule has 0 aliphatic heterocycles. The summed E-state index contributed by atoms with van der Waals surface area (Å²) in [7, 11) is 0. The number of para-hydroxylation sites is 1. The van der Waals surface area contributed by atoms with Gasteiger partial charge in [-0.05, 0) is 91.8 Å². The Morgan fingerprint density at radius 3 is 1.55 bits per heavy atom. The van der Waals surface area contributed by atoms with E-state index < -0.39 is 0 Å². The maximum Gasteiger partial charge on any atom is 0.0992 e. The average molecular weight is 622 g/mol. The van der Waals surface area contributed by atoms with Crippen LogP contribution >= 0.6 is 0 Å². The molecule has 9 aromatic rings. The van der Waals surface area contributed by atoms with Crippen molar-refractivity contribution in [3.8, 4) is 51.2 Å². The van der Waals surface area contributed by atoms with Crippen molar-refractivity contribution < 1.29 is 0 Å². The van der Waals surface area contributed by atoms with E-state index >= 15 is 0 Å². The van der Waals surface area contributed by atoms with Crippen molar-refractivity contribution >= 4 is 43.4 Å². The van der Waals surface area contributed by atoms with Gasteiger partial charge in [-0.2, -0.15) is 10.5 Å². The van der Waals surface area contributed by atoms with E-state index in [-0.39, 0.29) is 0 Å². The summed E-state index contributed by atoms with van der Waals surface area (Å²) in [6, 6.07) is 61.5. The Bertz CT molecular complexity index is 2790. The van der Waals surface area contributed by atoms with E-state index in [1.807, 2.05) is 42.5 Å². The van der Waals surface area contributed by atoms with E-state index in [0.29, 0.717) is 11.1 Å². The molecule has 0 spiro atoms. The predicted molar refractivity (Wildman–Crippen MR) is 202 cm³/mol. The van der Waals surface area contributed by atoms with Gasteiger partial charge in [-0.25, -0.2) is 0 Å². The first kappa shape index (κ1) is 28.3. The maximum absolute atomic E-state index is 10.0. The van der Waals surface area contributed by atoms with E-state index in [2.05, 4.69) is 138 Å². The highest BCUT2D eigenvalue weighted by atomic mass is 15.0. The lowest BCUT2D eigenvalue weighted by Gasteiger charge is -2.19. The minimum atomic E-state index is 0.586. The van der Waals surface area contributed by atoms with Gasteiger partial charge in [0.1, 0.15) is 0 Å². The Labute approximate surface area is 283 Å². The lowest BCUT2D eigenvalue weighted by Crippen LogP contribution is -1.98. The first-order chi connectivity index (χ1) is 24.2. The lowest BCUT2D eigenvalue weighted by atomic mass is 9.85. The van der Waals surface area contributed by atoms with Crippen LogP contribution in [0.25, 0.3) is 82.4 Å². The van der Waals surface area contributed by atoms with Crippen LogP contribution in [0.1, 0.15) is 11.1 Å². The Morgan fingerprint density at radius 2 is 0.878 bits per heavy atom. The molecule has 0 unspecified atom stereocenters. The first-order valence-corrected chi connectivity index (χ1v) is 16.3. The van der Waals surface area contributed by atoms with Gasteiger partial charge in [0.25, 0.3) is 0 Å². The molecule has 3 heteroatoms. The first-order valence-electron chi connectivity index (χ1n) is 16.3. The summed E-state index contributed by atoms with van der Waals surface area (Å²) in [4.78, 5) is 0. The summed E-state index contributed by atoms with van der Waals surface area (Å²) >= 11 is 0. The Hall–Kier alpha value is -6.94. The molecule has 0 aliphatic rings. The minimum absolute atomic E-state index is 0.586. The zero-order valence-corrected chi connectivity index (χ0v) is 26.4. The van der Waals surface area contributed by atoms with Crippen LogP contribution in [0.15, 0.2) is 164 Å². The van der Waals surface area contributed by atoms with E-state index in [0.717, 1.165) is 44.2 Å². The second kappa shape index (κ2) is 11.4. The van der Waals surface area contributed by atoms with Gasteiger partial charge in [0.15, 0.2) is 0 Å². The van der Waals surface area contributed by atoms with Crippen LogP contribution in [0.2, 0.25) is 0 Å². The van der Waals surface area contributed by atoms with Crippen molar-refractivity contribution in [2.75, 3.05) is 0 Å². The molecule has 8 aromatic carbocycles. The Balaban J connectivity index is 1.32. The summed E-state index contributed by atoms with van der Waals surface area (Å²) in [5, 5.41) is 26.6. The van der Waals surface area contributed by atoms with Gasteiger partial charge in [0, 0.05) is 16.3 Å². The molecule has 0 saturated carbocycles. The van der Waals surface area contributed by atoms with E-state index in [1.165, 1.54) is 38.2 Å². The molecule has 0 saturated heterocycles. The van der Waals surface area contributed by atoms with Gasteiger partial charge >= 0.3 is 0 Å². The number of hydrogen-bond acceptors (Lipinski definition) is 2. The molecule has 1 heterocycles. The zero-order valence-electron chi connectivity index (χ0n) is 26.4. The van der Waals surface area contributed by atoms with Gasteiger partial charge in [0.2, 0.25) is 0 Å². The molecule has 3 nitrogen and oxygen atoms in total. The molecule has 49 heavy (non-hydrogen) atoms. The summed E-state index contributed by atoms with van der Waals surface area (Å²) < 4.78 is 2.23. The van der Waals surface area contributed by atoms with Crippen molar-refractivity contribution in [1.82, 2.24) is 4.57 Å². The second-order valence-corrected chi connectivity index (χ2v) is 12.3. The Kier molecular flexibility index (Phi) is 6.58. The number of rotatable bonds is 4. The van der Waals surface area contributed by atoms with Gasteiger partial charge in [-0.3, -0.25) is 0 Å². The van der Waals surface area contributed by atoms with Crippen LogP contribution in [0.4, 0.5) is 0 Å². The smallest absolute Gasteiger partial charge is 0.0992 e. The fraction of sp³-hybridized carbons (Fsp3) is 0. The number of nitriles is 2. The second-order valence-electron chi connectivity index (χ2n) is 12.3. The van der Waals surface area contributed by atoms with Gasteiger partial charge in [-0.15, -0.1) is 0 Å². The molecular formula is C46H27N3. The standard InChI is InChI=1S/C46H27N3/c47-28-30-22-24-43-41(25-30)36-15-8-9-20-42(36)49(43)44-26-31(29-48)21-23-35(44)33-13-10-14-34(27-33)46-39-18-6-4-16-37(39)45(32-11-2-1-3-12-32)38-17-5-7-19-40(38)46/h1-27H. The molecule has 0 radical (unpaired) electrons. The summed E-state index contributed by atoms with van der Waals surface area (Å²) in [6.07, 6.45) is 0. The third kappa shape index (κ3) is 4.49. The quantitative estimate of drug-likeness (QED) is 0.184. The molecule has 0 fully saturated rings. The van der Waals surface area contributed by atoms with Crippen molar-refractivity contribution in [3.05, 3.63) is 175 Å². The fourth-order valence-corrected chi connectivity index (χ4v) is 7.53. The van der Waals surface area contributed by atoms with Gasteiger partial charge < -0.3 is 4.57 Å². The van der Waals surface area contributed by atoms with Gasteiger partial charge in [0.05, 0.1) is 40.0 Å². The third-order valence-electron chi connectivity index (χ3n) is 9.63. The molecule has 0 atom stereocenters. The van der Waals surface area contributed by atoms with Gasteiger partial charge in [-0.1, -0.05) is 121 Å². The normalized spacial score (nSPS) is 11.2. The minimum Gasteiger partial charge on any atom is -0.309 e. The van der Waals surface area contributed by atoms with E-state index in [1.54, 1.807) is 0 Å². The predicted octanol–water partition coefficient (Wildman–Crippen LogP) is 11.8. The van der Waals surface area contributed by atoms with Crippen molar-refractivity contribution in [2.45, 2.75) is 0 Å². The van der Waals surface area contributed by atoms with Crippen molar-refractivity contribution in [2.24, 2.45) is 0 Å². The van der Waals surface area contributed by atoms with Crippen LogP contribution in [-0.4, -0.2) is 4.57 Å². The fourth-order valence-electron chi connectivity index (χ4n) is 7.53. The van der Waals surface area contributed by atoms with Crippen LogP contribution in [-0.2, 0) is 0 Å². The molecule has 0 N–H and O–H groups in total. The van der Waals surface area contributed by atoms with Crippen LogP contribution < -0.4 is 0 Å². The molecule has 0 bridgehead atoms. The largest absolute Gasteiger partial charge is 0.309 e. The van der Waals surface area contributed by atoms with Crippen LogP contribution in [0.3, 0.4) is 0 Å². The number of hydrogen-bond donors (Lipinski definition) is 0. The average Bonchev–Trinajstić information content (AvgIpc) is 3.50. The maximum atomic E-state index is 10.0. The number of nitrogens with zero attached hydrogens (tertiary/aromatic N) is 3. The van der Waals surface area contributed by atoms with Crippen LogP contribution in [0, 0.1) is 22.7 Å². The topological polar surface area (TPSA) is 52.5 Å². The van der Waals surface area contributed by atoms with E-state index in [9.17, 15) is 10.5 Å². The molecule has 1 aromatic heterocycles. The molecular weight excluding hydrogens is 595 g/mol. The monoisotopic (exact) mass is 621 g/mol. The molecule has 9 rings (SSSR count). The highest BCUT2D eigenvalue weighted by molar-refractivity contribution is 6.21. The number of fused-ring (bicyclic) bond motifs is 5. The van der Waals surface area contributed by atoms with E-state index in [4.69, 9.17) is 0 Å². The number of benzene rings is 8. The number of aromatic nitrogens is 1. The summed E-state index contributed by atoms with van der Waals surface area (Å²) in [5.41, 5.74) is 11.0. The SMILES string of the molecule is N#Cc1ccc(-c2cccc(-c3c4ccccc4c(-c4ccccc4)c4ccccc34)c2)c(-n2c3ccccc3c3cc(C#N)ccc32)c1. The summed E-state index contributed by atoms with van der Waals surface area (Å²) in [5.74, 6) is 0.